The molecule has 0 radical (unpaired) electrons. The summed E-state index contributed by atoms with van der Waals surface area (Å²) in [7, 11) is 0. The molecule has 1 aromatic carbocycles. The van der Waals surface area contributed by atoms with E-state index in [-0.39, 0.29) is 34.6 Å². The van der Waals surface area contributed by atoms with Crippen LogP contribution in [0.25, 0.3) is 22.0 Å². The standard InChI is InChI=1S/C35H40F5N5O7/c1-15-21-22-27(43-28(15)46)44-14-34(9)11-10-20(45(34)31(48)52-33(6,7)8)25(44)16(2)49-29(22)42-24(23(21)37)18-12-17(41-30(47)51-32(3,4)5)13-19(36)26(18)50-35(38,39)40/h12-13,16,20,25H,10-11,14H2,1-9H3,(H,41,47)(H,43,46)/t16-,20-,25+,34+/m0/s1. The minimum atomic E-state index is -5.42. The number of benzene rings is 1. The molecule has 0 spiro atoms. The van der Waals surface area contributed by atoms with Crippen LogP contribution in [0.3, 0.4) is 0 Å². The zero-order chi connectivity index (χ0) is 38.5. The third kappa shape index (κ3) is 6.64. The van der Waals surface area contributed by atoms with Gasteiger partial charge in [-0.15, -0.1) is 13.2 Å². The SMILES string of the molecule is Cc1c(=O)[nH]c2c3c(nc(-c4cc(NC(=O)OC(C)(C)C)cc(F)c4OC(F)(F)F)c(F)c13)O[C@@H](C)[C@@H]1[C@@H]3CC[C@](C)(CN21)N3C(=O)OC(C)(C)C. The van der Waals surface area contributed by atoms with Crippen molar-refractivity contribution in [1.82, 2.24) is 14.9 Å². The summed E-state index contributed by atoms with van der Waals surface area (Å²) in [5.74, 6) is -4.42. The van der Waals surface area contributed by atoms with Gasteiger partial charge in [0.15, 0.2) is 17.4 Å². The second-order valence-corrected chi connectivity index (χ2v) is 15.7. The Labute approximate surface area is 295 Å². The first kappa shape index (κ1) is 36.9. The number of carbonyl (C=O) groups excluding carboxylic acids is 2. The van der Waals surface area contributed by atoms with Crippen molar-refractivity contribution in [2.75, 3.05) is 16.8 Å². The molecule has 52 heavy (non-hydrogen) atoms. The molecule has 282 valence electrons. The van der Waals surface area contributed by atoms with Crippen molar-refractivity contribution in [1.29, 1.82) is 0 Å². The van der Waals surface area contributed by atoms with Crippen molar-refractivity contribution < 1.29 is 50.5 Å². The van der Waals surface area contributed by atoms with Gasteiger partial charge in [0.25, 0.3) is 5.56 Å². The number of aromatic nitrogens is 2. The molecular weight excluding hydrogens is 697 g/mol. The van der Waals surface area contributed by atoms with E-state index in [0.29, 0.717) is 18.9 Å². The van der Waals surface area contributed by atoms with E-state index >= 15 is 8.78 Å². The Kier molecular flexibility index (Phi) is 8.61. The first-order valence-corrected chi connectivity index (χ1v) is 16.7. The number of nitrogens with one attached hydrogen (secondary N) is 2. The minimum Gasteiger partial charge on any atom is -0.472 e. The lowest BCUT2D eigenvalue weighted by Crippen LogP contribution is -2.69. The molecule has 12 nitrogen and oxygen atoms in total. The first-order chi connectivity index (χ1) is 23.9. The van der Waals surface area contributed by atoms with Crippen molar-refractivity contribution >= 4 is 34.5 Å². The number of carbonyl (C=O) groups is 2. The molecule has 4 atom stereocenters. The molecule has 2 bridgehead atoms. The maximum atomic E-state index is 17.0. The topological polar surface area (TPSA) is 135 Å². The first-order valence-electron chi connectivity index (χ1n) is 16.7. The normalized spacial score (nSPS) is 22.8. The van der Waals surface area contributed by atoms with E-state index in [1.54, 1.807) is 53.4 Å². The maximum Gasteiger partial charge on any atom is 0.573 e. The van der Waals surface area contributed by atoms with E-state index in [2.05, 4.69) is 20.0 Å². The summed E-state index contributed by atoms with van der Waals surface area (Å²) in [6.07, 6.45) is -6.68. The Morgan fingerprint density at radius 1 is 1.06 bits per heavy atom. The van der Waals surface area contributed by atoms with Crippen LogP contribution in [-0.4, -0.2) is 74.9 Å². The molecule has 3 aromatic rings. The van der Waals surface area contributed by atoms with Crippen LogP contribution in [0.2, 0.25) is 0 Å². The quantitative estimate of drug-likeness (QED) is 0.261. The van der Waals surface area contributed by atoms with Gasteiger partial charge < -0.3 is 28.8 Å². The lowest BCUT2D eigenvalue weighted by atomic mass is 9.93. The number of fused-ring (bicyclic) bond motifs is 5. The molecule has 0 aliphatic carbocycles. The fraction of sp³-hybridized carbons (Fsp3) is 0.543. The van der Waals surface area contributed by atoms with Crippen LogP contribution in [-0.2, 0) is 9.47 Å². The maximum absolute atomic E-state index is 17.0. The van der Waals surface area contributed by atoms with E-state index in [0.717, 1.165) is 6.07 Å². The molecule has 17 heteroatoms. The van der Waals surface area contributed by atoms with Gasteiger partial charge in [0.2, 0.25) is 5.88 Å². The largest absolute Gasteiger partial charge is 0.573 e. The molecule has 3 aliphatic heterocycles. The Morgan fingerprint density at radius 2 is 1.71 bits per heavy atom. The number of piperazine rings is 1. The highest BCUT2D eigenvalue weighted by molar-refractivity contribution is 6.01. The molecule has 3 aliphatic rings. The number of anilines is 2. The summed E-state index contributed by atoms with van der Waals surface area (Å²) < 4.78 is 94.8. The molecular formula is C35H40F5N5O7. The van der Waals surface area contributed by atoms with Crippen LogP contribution in [0.4, 0.5) is 43.0 Å². The van der Waals surface area contributed by atoms with Gasteiger partial charge in [-0.2, -0.15) is 0 Å². The van der Waals surface area contributed by atoms with Gasteiger partial charge in [-0.3, -0.25) is 15.0 Å². The zero-order valence-electron chi connectivity index (χ0n) is 30.1. The second kappa shape index (κ2) is 12.1. The highest BCUT2D eigenvalue weighted by Crippen LogP contribution is 2.50. The minimum absolute atomic E-state index is 0.0308. The number of ether oxygens (including phenoxy) is 4. The van der Waals surface area contributed by atoms with Crippen LogP contribution in [0.15, 0.2) is 16.9 Å². The summed E-state index contributed by atoms with van der Waals surface area (Å²) in [5, 5.41) is 1.94. The zero-order valence-corrected chi connectivity index (χ0v) is 30.1. The molecule has 2 aromatic heterocycles. The second-order valence-electron chi connectivity index (χ2n) is 15.7. The number of alkyl halides is 3. The number of aromatic amines is 1. The predicted octanol–water partition coefficient (Wildman–Crippen LogP) is 7.55. The van der Waals surface area contributed by atoms with Gasteiger partial charge in [-0.05, 0) is 81.2 Å². The smallest absolute Gasteiger partial charge is 0.472 e. The fourth-order valence-corrected chi connectivity index (χ4v) is 7.43. The number of aryl methyl sites for hydroxylation is 1. The molecule has 2 amide bonds. The molecule has 2 fully saturated rings. The lowest BCUT2D eigenvalue weighted by Gasteiger charge is -2.52. The predicted molar refractivity (Wildman–Crippen MR) is 180 cm³/mol. The summed E-state index contributed by atoms with van der Waals surface area (Å²) in [4.78, 5) is 50.3. The Morgan fingerprint density at radius 3 is 2.33 bits per heavy atom. The average Bonchev–Trinajstić information content (AvgIpc) is 3.15. The van der Waals surface area contributed by atoms with Gasteiger partial charge >= 0.3 is 18.5 Å². The molecule has 2 saturated heterocycles. The number of amides is 2. The van der Waals surface area contributed by atoms with Gasteiger partial charge in [-0.1, -0.05) is 0 Å². The van der Waals surface area contributed by atoms with E-state index in [4.69, 9.17) is 14.2 Å². The van der Waals surface area contributed by atoms with Crippen LogP contribution in [0, 0.1) is 18.6 Å². The average molecular weight is 738 g/mol. The van der Waals surface area contributed by atoms with Crippen LogP contribution in [0.1, 0.15) is 73.8 Å². The van der Waals surface area contributed by atoms with Crippen molar-refractivity contribution in [3.63, 3.8) is 0 Å². The number of hydrogen-bond donors (Lipinski definition) is 2. The van der Waals surface area contributed by atoms with Gasteiger partial charge in [0.05, 0.1) is 28.6 Å². The Bertz CT molecular complexity index is 2040. The van der Waals surface area contributed by atoms with Gasteiger partial charge in [0, 0.05) is 29.2 Å². The number of halogens is 5. The summed E-state index contributed by atoms with van der Waals surface area (Å²) in [6.45, 7) is 15.1. The monoisotopic (exact) mass is 737 g/mol. The molecule has 6 rings (SSSR count). The van der Waals surface area contributed by atoms with E-state index < -0.39 is 93.4 Å². The van der Waals surface area contributed by atoms with Crippen molar-refractivity contribution in [2.24, 2.45) is 0 Å². The Hall–Kier alpha value is -4.83. The Balaban J connectivity index is 1.55. The molecule has 2 N–H and O–H groups in total. The van der Waals surface area contributed by atoms with Crippen LogP contribution >= 0.6 is 0 Å². The van der Waals surface area contributed by atoms with Crippen molar-refractivity contribution in [2.45, 2.75) is 116 Å². The van der Waals surface area contributed by atoms with Crippen LogP contribution < -0.4 is 25.2 Å². The third-order valence-corrected chi connectivity index (χ3v) is 9.26. The van der Waals surface area contributed by atoms with Crippen LogP contribution in [0.5, 0.6) is 11.6 Å². The van der Waals surface area contributed by atoms with Gasteiger partial charge in [-0.25, -0.2) is 23.4 Å². The van der Waals surface area contributed by atoms with E-state index in [1.807, 2.05) is 11.8 Å². The van der Waals surface area contributed by atoms with Crippen molar-refractivity contribution in [3.8, 4) is 22.9 Å². The summed E-state index contributed by atoms with van der Waals surface area (Å²) in [6, 6.07) is 0.301. The molecule has 0 saturated carbocycles. The molecule has 5 heterocycles. The number of nitrogens with zero attached hydrogens (tertiary/aromatic N) is 3. The number of pyridine rings is 2. The third-order valence-electron chi connectivity index (χ3n) is 9.26. The van der Waals surface area contributed by atoms with E-state index in [9.17, 15) is 27.6 Å². The lowest BCUT2D eigenvalue weighted by molar-refractivity contribution is -0.275. The highest BCUT2D eigenvalue weighted by atomic mass is 19.4. The fourth-order valence-electron chi connectivity index (χ4n) is 7.43. The summed E-state index contributed by atoms with van der Waals surface area (Å²) >= 11 is 0. The number of H-pyrrole nitrogens is 1. The highest BCUT2D eigenvalue weighted by Gasteiger charge is 2.59. The number of rotatable bonds is 3. The van der Waals surface area contributed by atoms with E-state index in [1.165, 1.54) is 6.92 Å². The molecule has 0 unspecified atom stereocenters. The van der Waals surface area contributed by atoms with Gasteiger partial charge in [0.1, 0.15) is 28.8 Å². The summed E-state index contributed by atoms with van der Waals surface area (Å²) in [5.41, 5.74) is -5.47. The number of hydrogen-bond acceptors (Lipinski definition) is 9. The van der Waals surface area contributed by atoms with Crippen molar-refractivity contribution in [3.05, 3.63) is 39.7 Å².